The zero-order chi connectivity index (χ0) is 98.3. The summed E-state index contributed by atoms with van der Waals surface area (Å²) in [7, 11) is 9.60. The van der Waals surface area contributed by atoms with Crippen LogP contribution in [0.4, 0.5) is 43.2 Å². The second kappa shape index (κ2) is 67.8. The quantitative estimate of drug-likeness (QED) is 0.0177. The van der Waals surface area contributed by atoms with Crippen molar-refractivity contribution in [2.45, 2.75) is 119 Å². The van der Waals surface area contributed by atoms with Crippen LogP contribution in [0.15, 0.2) is 103 Å². The summed E-state index contributed by atoms with van der Waals surface area (Å²) >= 11 is 0. The summed E-state index contributed by atoms with van der Waals surface area (Å²) < 4.78 is 100. The van der Waals surface area contributed by atoms with Crippen molar-refractivity contribution in [1.82, 2.24) is 50.7 Å². The number of allylic oxidation sites excluding steroid dienone is 3. The van der Waals surface area contributed by atoms with Crippen molar-refractivity contribution in [3.05, 3.63) is 137 Å². The van der Waals surface area contributed by atoms with E-state index in [0.717, 1.165) is 24.5 Å². The molecule has 0 unspecified atom stereocenters. The molecule has 0 aliphatic heterocycles. The molecule has 0 radical (unpaired) electrons. The Balaban J connectivity index is 1.75. The average Bonchev–Trinajstić information content (AvgIpc) is 0.837. The molecule has 42 heteroatoms. The number of carbonyl (C=O) groups is 14. The van der Waals surface area contributed by atoms with E-state index in [1.807, 2.05) is 0 Å². The van der Waals surface area contributed by atoms with Gasteiger partial charge < -0.3 is 136 Å². The van der Waals surface area contributed by atoms with E-state index in [4.69, 9.17) is 85.3 Å². The third-order valence-corrected chi connectivity index (χ3v) is 18.8. The molecule has 42 nitrogen and oxygen atoms in total. The van der Waals surface area contributed by atoms with Gasteiger partial charge >= 0.3 is 60.8 Å². The highest BCUT2D eigenvalue weighted by Crippen LogP contribution is 2.31. The minimum atomic E-state index is -0.949. The van der Waals surface area contributed by atoms with E-state index in [1.54, 1.807) is 45.9 Å². The summed E-state index contributed by atoms with van der Waals surface area (Å²) in [6.07, 6.45) is -5.01. The zero-order valence-corrected chi connectivity index (χ0v) is 78.6. The molecule has 4 N–H and O–H groups in total. The van der Waals surface area contributed by atoms with E-state index in [1.165, 1.54) is 90.7 Å². The lowest BCUT2D eigenvalue weighted by Crippen LogP contribution is -2.39. The number of hydrogen-bond donors (Lipinski definition) is 4. The first-order valence-electron chi connectivity index (χ1n) is 43.3. The lowest BCUT2D eigenvalue weighted by Gasteiger charge is -2.24. The van der Waals surface area contributed by atoms with E-state index < -0.39 is 93.8 Å². The second-order valence-corrected chi connectivity index (χ2v) is 30.1. The molecule has 0 bridgehead atoms. The first-order valence-corrected chi connectivity index (χ1v) is 43.3. The number of nitrogens with one attached hydrogen (secondary N) is 4. The van der Waals surface area contributed by atoms with Crippen LogP contribution >= 0.6 is 0 Å². The first-order chi connectivity index (χ1) is 63.6. The van der Waals surface area contributed by atoms with Gasteiger partial charge in [0, 0.05) is 199 Å². The van der Waals surface area contributed by atoms with Gasteiger partial charge in [0.15, 0.2) is 17.3 Å². The number of carbonyl (C=O) groups excluding carboxylic acids is 14. The molecule has 0 heterocycles. The van der Waals surface area contributed by atoms with Gasteiger partial charge in [-0.05, 0) is 70.1 Å². The summed E-state index contributed by atoms with van der Waals surface area (Å²) in [5, 5.41) is 10.4. The number of alkyl carbamates (subject to hydrolysis) is 3. The smallest absolute Gasteiger partial charge is 0.415 e. The lowest BCUT2D eigenvalue weighted by atomic mass is 10.1. The molecule has 10 amide bonds. The van der Waals surface area contributed by atoms with E-state index in [0.29, 0.717) is 93.6 Å². The second-order valence-electron chi connectivity index (χ2n) is 30.1. The van der Waals surface area contributed by atoms with Crippen LogP contribution < -0.4 is 35.5 Å². The largest absolute Gasteiger partial charge is 0.461 e. The Morgan fingerprint density at radius 1 is 0.278 bits per heavy atom. The summed E-state index contributed by atoms with van der Waals surface area (Å²) in [4.78, 5) is 188. The lowest BCUT2D eigenvalue weighted by molar-refractivity contribution is -0.145. The van der Waals surface area contributed by atoms with Crippen molar-refractivity contribution >= 4 is 84.1 Å². The fourth-order valence-electron chi connectivity index (χ4n) is 10.7. The number of esters is 1. The van der Waals surface area contributed by atoms with Crippen LogP contribution in [0, 0.1) is 0 Å². The Bertz CT molecular complexity index is 3850. The maximum atomic E-state index is 14.0. The van der Waals surface area contributed by atoms with Crippen molar-refractivity contribution in [2.24, 2.45) is 0 Å². The number of likely N-dealkylation sites (N-methyl/N-ethyl adjacent to an activating group) is 6. The van der Waals surface area contributed by atoms with Gasteiger partial charge in [-0.15, -0.1) is 0 Å². The van der Waals surface area contributed by atoms with Crippen molar-refractivity contribution in [3.8, 4) is 17.2 Å². The number of ketones is 3. The Morgan fingerprint density at radius 3 is 0.774 bits per heavy atom. The number of amides is 10. The molecule has 0 atom stereocenters. The zero-order valence-electron chi connectivity index (χ0n) is 78.6. The molecule has 3 rings (SSSR count). The van der Waals surface area contributed by atoms with Gasteiger partial charge in [0.25, 0.3) is 0 Å². The Morgan fingerprint density at radius 2 is 0.511 bits per heavy atom. The number of methoxy groups -OCH3 is 1. The SMILES string of the molecule is C=C(C)C(=O)CCCOCCOCCNC(=O)OCc1cccc(COC(=O)CCCOCCOCCNC(=O)C(=C)C)c1OC(=O)N(C)CCN(C)C(=O)OCc1cccc(COC(=O)N(C)CCN(C)C(=O)Oc2c(COC(=O)NCCOCCOCCCC(=O)C(=C)C)cccc2COC(=O)NCCOCCOCCCC(=O)C(=C)C)c1OC(=O)N(C)CCN(C)C(=O)OC. The number of hydrogen-bond acceptors (Lipinski definition) is 32. The maximum absolute atomic E-state index is 14.0. The highest BCUT2D eigenvalue weighted by Gasteiger charge is 2.27. The molecule has 0 aromatic heterocycles. The van der Waals surface area contributed by atoms with Gasteiger partial charge in [0.2, 0.25) is 5.91 Å². The van der Waals surface area contributed by atoms with Gasteiger partial charge in [-0.25, -0.2) is 43.2 Å². The highest BCUT2D eigenvalue weighted by molar-refractivity contribution is 5.95. The number of ether oxygens (including phenoxy) is 18. The third-order valence-electron chi connectivity index (χ3n) is 18.8. The molecule has 0 aliphatic rings. The molecular formula is C91H134N10O32. The summed E-state index contributed by atoms with van der Waals surface area (Å²) in [6, 6.07) is 13.8. The Labute approximate surface area is 776 Å². The van der Waals surface area contributed by atoms with Crippen LogP contribution in [0.25, 0.3) is 0 Å². The van der Waals surface area contributed by atoms with E-state index in [9.17, 15) is 67.1 Å². The van der Waals surface area contributed by atoms with E-state index in [2.05, 4.69) is 47.6 Å². The maximum Gasteiger partial charge on any atom is 0.415 e. The standard InChI is InChI=1S/C91H134N10O32/c1-65(2)75(102)29-19-43-117-51-56-122-48-34-93-83(107)126-60-70-24-16-23-69(59-125-78(105)32-22-46-120-54-55-121-47-33-92-82(106)68(7)8)79(70)131-90(114)100(13)41-38-97(10)87(111)129-63-73-27-18-28-74(81(73)133-89(113)99(12)40-37-96(9)86(110)116-15)64-130-88(112)98(11)39-42-101(14)91(115)132-80-71(61-127-84(108)94-35-49-123-57-52-118-44-20-30-76(103)66(3)4)25-17-26-72(80)62-128-85(109)95-36-50-124-58-53-119-45-21-31-77(104)67(5)6/h16-18,23-28H,1,3,5,7,19-22,29-64H2,2,4,6,8-15H3,(H,92,106)(H,93,107)(H,94,108)(H,95,109). The number of para-hydroxylation sites is 3. The predicted octanol–water partition coefficient (Wildman–Crippen LogP) is 9.32. The molecule has 0 aliphatic carbocycles. The van der Waals surface area contributed by atoms with Crippen LogP contribution in [0.5, 0.6) is 17.2 Å². The number of benzene rings is 3. The molecule has 740 valence electrons. The van der Waals surface area contributed by atoms with Crippen LogP contribution in [0.3, 0.4) is 0 Å². The van der Waals surface area contributed by atoms with Crippen molar-refractivity contribution < 1.29 is 152 Å². The number of rotatable bonds is 68. The fourth-order valence-corrected chi connectivity index (χ4v) is 10.7. The van der Waals surface area contributed by atoms with Gasteiger partial charge in [-0.3, -0.25) is 24.0 Å². The van der Waals surface area contributed by atoms with Gasteiger partial charge in [-0.2, -0.15) is 0 Å². The van der Waals surface area contributed by atoms with Gasteiger partial charge in [-0.1, -0.05) is 80.9 Å². The van der Waals surface area contributed by atoms with Crippen LogP contribution in [-0.2, 0) is 135 Å². The first kappa shape index (κ1) is 115. The van der Waals surface area contributed by atoms with Crippen molar-refractivity contribution in [2.75, 3.05) is 221 Å². The number of nitrogens with zero attached hydrogens (tertiary/aromatic N) is 6. The monoisotopic (exact) mass is 1880 g/mol. The Hall–Kier alpha value is -12.3. The highest BCUT2D eigenvalue weighted by atomic mass is 16.6. The molecule has 3 aromatic carbocycles. The molecule has 0 saturated carbocycles. The minimum absolute atomic E-state index is 0.0164. The van der Waals surface area contributed by atoms with Gasteiger partial charge in [0.1, 0.15) is 56.9 Å². The normalized spacial score (nSPS) is 10.7. The topological polar surface area (TPSA) is 473 Å². The average molecular weight is 1880 g/mol. The van der Waals surface area contributed by atoms with Gasteiger partial charge in [0.05, 0.1) is 86.4 Å². The van der Waals surface area contributed by atoms with E-state index in [-0.39, 0.29) is 232 Å². The van der Waals surface area contributed by atoms with Crippen molar-refractivity contribution in [3.63, 3.8) is 0 Å². The molecule has 0 spiro atoms. The summed E-state index contributed by atoms with van der Waals surface area (Å²) in [5.74, 6) is -1.35. The molecule has 0 saturated heterocycles. The van der Waals surface area contributed by atoms with E-state index >= 15 is 0 Å². The van der Waals surface area contributed by atoms with Crippen LogP contribution in [0.2, 0.25) is 0 Å². The van der Waals surface area contributed by atoms with Crippen LogP contribution in [0.1, 0.15) is 112 Å². The third kappa shape index (κ3) is 50.8. The fraction of sp³-hybridized carbons (Fsp3) is 0.560. The Kier molecular flexibility index (Phi) is 58.5. The minimum Gasteiger partial charge on any atom is -0.461 e. The summed E-state index contributed by atoms with van der Waals surface area (Å²) in [5.41, 5.74) is 2.89. The van der Waals surface area contributed by atoms with Crippen molar-refractivity contribution in [1.29, 1.82) is 0 Å². The number of Topliss-reactive ketones (excluding diaryl/α,β-unsaturated/α-hetero) is 3. The molecular weight excluding hydrogens is 1750 g/mol. The predicted molar refractivity (Wildman–Crippen MR) is 481 cm³/mol. The summed E-state index contributed by atoms with van der Waals surface area (Å²) in [6.45, 7) is 21.9. The molecule has 0 fully saturated rings. The van der Waals surface area contributed by atoms with Crippen LogP contribution in [-0.4, -0.2) is 334 Å². The molecule has 3 aromatic rings. The molecule has 133 heavy (non-hydrogen) atoms.